The van der Waals surface area contributed by atoms with E-state index in [1.807, 2.05) is 19.9 Å². The maximum absolute atomic E-state index is 13.0. The number of nitrogens with one attached hydrogen (secondary N) is 1. The van der Waals surface area contributed by atoms with Gasteiger partial charge < -0.3 is 10.4 Å². The first-order valence-electron chi connectivity index (χ1n) is 6.83. The van der Waals surface area contributed by atoms with E-state index >= 15 is 0 Å². The van der Waals surface area contributed by atoms with Gasteiger partial charge in [-0.25, -0.2) is 8.78 Å². The van der Waals surface area contributed by atoms with Gasteiger partial charge in [-0.1, -0.05) is 19.9 Å². The predicted molar refractivity (Wildman–Crippen MR) is 71.8 cm³/mol. The summed E-state index contributed by atoms with van der Waals surface area (Å²) >= 11 is 0. The molecule has 1 saturated heterocycles. The van der Waals surface area contributed by atoms with Crippen molar-refractivity contribution in [3.63, 3.8) is 0 Å². The van der Waals surface area contributed by atoms with Crippen LogP contribution in [0.1, 0.15) is 49.3 Å². The van der Waals surface area contributed by atoms with Crippen LogP contribution in [0.25, 0.3) is 0 Å². The number of halogens is 2. The molecule has 1 fully saturated rings. The molecule has 1 aliphatic heterocycles. The van der Waals surface area contributed by atoms with E-state index in [1.165, 1.54) is 6.07 Å². The van der Waals surface area contributed by atoms with Crippen molar-refractivity contribution in [1.29, 1.82) is 0 Å². The lowest BCUT2D eigenvalue weighted by Gasteiger charge is -2.16. The van der Waals surface area contributed by atoms with Crippen molar-refractivity contribution >= 4 is 0 Å². The standard InChI is InChI=1S/C15H21F2NO/c1-9(2)11-6-12(5-10-3-4-18-8-10)14(19)13(7-11)15(16)17/h6-7,9-10,15,18-19H,3-5,8H2,1-2H3. The second-order valence-corrected chi connectivity index (χ2v) is 5.64. The van der Waals surface area contributed by atoms with E-state index in [0.717, 1.165) is 25.1 Å². The van der Waals surface area contributed by atoms with Gasteiger partial charge in [-0.05, 0) is 55.0 Å². The first kappa shape index (κ1) is 14.3. The summed E-state index contributed by atoms with van der Waals surface area (Å²) in [7, 11) is 0. The molecule has 19 heavy (non-hydrogen) atoms. The fourth-order valence-electron chi connectivity index (χ4n) is 2.60. The molecule has 0 bridgehead atoms. The van der Waals surface area contributed by atoms with E-state index in [0.29, 0.717) is 17.9 Å². The lowest BCUT2D eigenvalue weighted by atomic mass is 9.91. The second-order valence-electron chi connectivity index (χ2n) is 5.64. The van der Waals surface area contributed by atoms with Gasteiger partial charge in [0.1, 0.15) is 5.75 Å². The van der Waals surface area contributed by atoms with Crippen LogP contribution in [-0.4, -0.2) is 18.2 Å². The highest BCUT2D eigenvalue weighted by molar-refractivity contribution is 5.45. The highest BCUT2D eigenvalue weighted by atomic mass is 19.3. The second kappa shape index (κ2) is 5.87. The van der Waals surface area contributed by atoms with Crippen molar-refractivity contribution in [2.24, 2.45) is 5.92 Å². The van der Waals surface area contributed by atoms with Crippen LogP contribution in [0.4, 0.5) is 8.78 Å². The topological polar surface area (TPSA) is 32.3 Å². The van der Waals surface area contributed by atoms with E-state index in [4.69, 9.17) is 0 Å². The van der Waals surface area contributed by atoms with Gasteiger partial charge in [0.15, 0.2) is 0 Å². The minimum Gasteiger partial charge on any atom is -0.507 e. The Kier molecular flexibility index (Phi) is 4.40. The van der Waals surface area contributed by atoms with Gasteiger partial charge in [0, 0.05) is 0 Å². The largest absolute Gasteiger partial charge is 0.507 e. The zero-order valence-corrected chi connectivity index (χ0v) is 11.4. The number of rotatable bonds is 4. The molecule has 106 valence electrons. The van der Waals surface area contributed by atoms with Crippen LogP contribution in [0.15, 0.2) is 12.1 Å². The summed E-state index contributed by atoms with van der Waals surface area (Å²) < 4.78 is 26.0. The number of hydrogen-bond donors (Lipinski definition) is 2. The monoisotopic (exact) mass is 269 g/mol. The van der Waals surface area contributed by atoms with Gasteiger partial charge >= 0.3 is 0 Å². The van der Waals surface area contributed by atoms with Crippen LogP contribution >= 0.6 is 0 Å². The maximum Gasteiger partial charge on any atom is 0.267 e. The van der Waals surface area contributed by atoms with Gasteiger partial charge in [-0.2, -0.15) is 0 Å². The summed E-state index contributed by atoms with van der Waals surface area (Å²) in [6, 6.07) is 3.31. The van der Waals surface area contributed by atoms with Crippen LogP contribution in [0, 0.1) is 5.92 Å². The SMILES string of the molecule is CC(C)c1cc(CC2CCNC2)c(O)c(C(F)F)c1. The van der Waals surface area contributed by atoms with E-state index in [2.05, 4.69) is 5.32 Å². The van der Waals surface area contributed by atoms with Gasteiger partial charge in [-0.3, -0.25) is 0 Å². The van der Waals surface area contributed by atoms with Crippen molar-refractivity contribution in [2.45, 2.75) is 39.0 Å². The summed E-state index contributed by atoms with van der Waals surface area (Å²) in [5.74, 6) is 0.392. The molecule has 0 saturated carbocycles. The van der Waals surface area contributed by atoms with E-state index in [9.17, 15) is 13.9 Å². The third-order valence-electron chi connectivity index (χ3n) is 3.81. The summed E-state index contributed by atoms with van der Waals surface area (Å²) in [6.45, 7) is 5.82. The number of hydrogen-bond acceptors (Lipinski definition) is 2. The predicted octanol–water partition coefficient (Wildman–Crippen LogP) is 3.61. The molecule has 0 spiro atoms. The number of phenols is 1. The molecule has 0 amide bonds. The lowest BCUT2D eigenvalue weighted by molar-refractivity contribution is 0.147. The zero-order valence-electron chi connectivity index (χ0n) is 11.4. The van der Waals surface area contributed by atoms with Gasteiger partial charge in [0.2, 0.25) is 0 Å². The third kappa shape index (κ3) is 3.24. The minimum atomic E-state index is -2.63. The molecule has 1 aromatic carbocycles. The highest BCUT2D eigenvalue weighted by Gasteiger charge is 2.22. The summed E-state index contributed by atoms with van der Waals surface area (Å²) in [6.07, 6.45) is -0.923. The third-order valence-corrected chi connectivity index (χ3v) is 3.81. The van der Waals surface area contributed by atoms with E-state index in [1.54, 1.807) is 0 Å². The lowest BCUT2D eigenvalue weighted by Crippen LogP contribution is -2.11. The molecule has 2 nitrogen and oxygen atoms in total. The molecule has 0 radical (unpaired) electrons. The number of benzene rings is 1. The number of phenolic OH excluding ortho intramolecular Hbond substituents is 1. The Morgan fingerprint density at radius 1 is 1.37 bits per heavy atom. The van der Waals surface area contributed by atoms with Crippen LogP contribution < -0.4 is 5.32 Å². The quantitative estimate of drug-likeness (QED) is 0.875. The molecule has 1 aliphatic rings. The Bertz CT molecular complexity index is 440. The fraction of sp³-hybridized carbons (Fsp3) is 0.600. The molecule has 1 heterocycles. The van der Waals surface area contributed by atoms with Crippen molar-refractivity contribution in [3.8, 4) is 5.75 Å². The Morgan fingerprint density at radius 3 is 2.63 bits per heavy atom. The maximum atomic E-state index is 13.0. The van der Waals surface area contributed by atoms with Crippen LogP contribution in [0.2, 0.25) is 0 Å². The molecular formula is C15H21F2NO. The van der Waals surface area contributed by atoms with Crippen molar-refractivity contribution in [2.75, 3.05) is 13.1 Å². The fourth-order valence-corrected chi connectivity index (χ4v) is 2.60. The number of alkyl halides is 2. The normalized spacial score (nSPS) is 19.6. The summed E-state index contributed by atoms with van der Waals surface area (Å²) in [4.78, 5) is 0. The highest BCUT2D eigenvalue weighted by Crippen LogP contribution is 2.36. The molecule has 2 N–H and O–H groups in total. The smallest absolute Gasteiger partial charge is 0.267 e. The molecule has 0 aromatic heterocycles. The minimum absolute atomic E-state index is 0.179. The molecule has 4 heteroatoms. The Hall–Kier alpha value is -1.16. The Labute approximate surface area is 112 Å². The Balaban J connectivity index is 2.33. The van der Waals surface area contributed by atoms with Gasteiger partial charge in [0.05, 0.1) is 5.56 Å². The average Bonchev–Trinajstić information content (AvgIpc) is 2.83. The molecule has 1 unspecified atom stereocenters. The first-order chi connectivity index (χ1) is 8.99. The summed E-state index contributed by atoms with van der Waals surface area (Å²) in [5, 5.41) is 13.3. The van der Waals surface area contributed by atoms with Gasteiger partial charge in [0.25, 0.3) is 6.43 Å². The van der Waals surface area contributed by atoms with Crippen LogP contribution in [-0.2, 0) is 6.42 Å². The molecular weight excluding hydrogens is 248 g/mol. The van der Waals surface area contributed by atoms with Crippen LogP contribution in [0.3, 0.4) is 0 Å². The Morgan fingerprint density at radius 2 is 2.11 bits per heavy atom. The van der Waals surface area contributed by atoms with Gasteiger partial charge in [-0.15, -0.1) is 0 Å². The summed E-state index contributed by atoms with van der Waals surface area (Å²) in [5.41, 5.74) is 1.30. The average molecular weight is 269 g/mol. The van der Waals surface area contributed by atoms with Crippen molar-refractivity contribution in [3.05, 3.63) is 28.8 Å². The van der Waals surface area contributed by atoms with Crippen LogP contribution in [0.5, 0.6) is 5.75 Å². The molecule has 0 aliphatic carbocycles. The molecule has 1 atom stereocenters. The first-order valence-corrected chi connectivity index (χ1v) is 6.83. The zero-order chi connectivity index (χ0) is 14.0. The van der Waals surface area contributed by atoms with Crippen molar-refractivity contribution in [1.82, 2.24) is 5.32 Å². The molecule has 1 aromatic rings. The van der Waals surface area contributed by atoms with E-state index < -0.39 is 6.43 Å². The van der Waals surface area contributed by atoms with Crippen molar-refractivity contribution < 1.29 is 13.9 Å². The molecule has 2 rings (SSSR count). The van der Waals surface area contributed by atoms with E-state index in [-0.39, 0.29) is 17.2 Å². The number of aromatic hydroxyl groups is 1.